The normalized spacial score (nSPS) is 16.3. The van der Waals surface area contributed by atoms with E-state index in [9.17, 15) is 9.59 Å². The van der Waals surface area contributed by atoms with Gasteiger partial charge >= 0.3 is 0 Å². The topological polar surface area (TPSA) is 67.9 Å². The highest BCUT2D eigenvalue weighted by Gasteiger charge is 2.22. The highest BCUT2D eigenvalue weighted by atomic mass is 16.5. The fraction of sp³-hybridized carbons (Fsp3) is 0.619. The molecule has 2 amide bonds. The number of nitrogens with zero attached hydrogens (tertiary/aromatic N) is 1. The van der Waals surface area contributed by atoms with E-state index in [0.29, 0.717) is 44.2 Å². The molecule has 2 rings (SSSR count). The fourth-order valence-corrected chi connectivity index (χ4v) is 3.07. The summed E-state index contributed by atoms with van der Waals surface area (Å²) in [6, 6.07) is 5.72. The van der Waals surface area contributed by atoms with Crippen LogP contribution in [0.3, 0.4) is 0 Å². The summed E-state index contributed by atoms with van der Waals surface area (Å²) in [5.41, 5.74) is 0.866. The molecule has 0 unspecified atom stereocenters. The SMILES string of the molecule is CCOc1cccc2c1OCCCCCNC(=O)CN(C(=O)CC(C)C)C2. The summed E-state index contributed by atoms with van der Waals surface area (Å²) < 4.78 is 11.8. The third kappa shape index (κ3) is 6.77. The van der Waals surface area contributed by atoms with Crippen LogP contribution in [0.4, 0.5) is 0 Å². The summed E-state index contributed by atoms with van der Waals surface area (Å²) in [6.45, 7) is 8.08. The van der Waals surface area contributed by atoms with Crippen molar-refractivity contribution in [3.05, 3.63) is 23.8 Å². The van der Waals surface area contributed by atoms with Crippen LogP contribution in [0.25, 0.3) is 0 Å². The van der Waals surface area contributed by atoms with Crippen LogP contribution in [-0.2, 0) is 16.1 Å². The summed E-state index contributed by atoms with van der Waals surface area (Å²) in [4.78, 5) is 26.7. The van der Waals surface area contributed by atoms with Crippen molar-refractivity contribution in [3.63, 3.8) is 0 Å². The second-order valence-corrected chi connectivity index (χ2v) is 7.28. The first kappa shape index (κ1) is 21.1. The number of para-hydroxylation sites is 1. The van der Waals surface area contributed by atoms with Gasteiger partial charge in [0.15, 0.2) is 11.5 Å². The van der Waals surface area contributed by atoms with Crippen molar-refractivity contribution in [2.24, 2.45) is 5.92 Å². The predicted molar refractivity (Wildman–Crippen MR) is 105 cm³/mol. The first-order valence-electron chi connectivity index (χ1n) is 9.93. The number of hydrogen-bond donors (Lipinski definition) is 1. The van der Waals surface area contributed by atoms with Crippen molar-refractivity contribution in [2.45, 2.75) is 53.0 Å². The predicted octanol–water partition coefficient (Wildman–Crippen LogP) is 3.14. The quantitative estimate of drug-likeness (QED) is 0.877. The van der Waals surface area contributed by atoms with Crippen LogP contribution < -0.4 is 14.8 Å². The van der Waals surface area contributed by atoms with E-state index in [1.807, 2.05) is 39.0 Å². The zero-order valence-electron chi connectivity index (χ0n) is 16.8. The molecule has 0 fully saturated rings. The van der Waals surface area contributed by atoms with E-state index in [1.54, 1.807) is 4.90 Å². The number of carbonyl (C=O) groups excluding carboxylic acids is 2. The Morgan fingerprint density at radius 2 is 2.07 bits per heavy atom. The molecule has 0 spiro atoms. The van der Waals surface area contributed by atoms with Gasteiger partial charge in [-0.2, -0.15) is 0 Å². The fourth-order valence-electron chi connectivity index (χ4n) is 3.07. The number of nitrogens with one attached hydrogen (secondary N) is 1. The molecule has 6 heteroatoms. The first-order valence-corrected chi connectivity index (χ1v) is 9.93. The highest BCUT2D eigenvalue weighted by Crippen LogP contribution is 2.33. The smallest absolute Gasteiger partial charge is 0.239 e. The molecule has 1 aromatic carbocycles. The molecule has 1 aromatic rings. The van der Waals surface area contributed by atoms with Gasteiger partial charge < -0.3 is 19.7 Å². The number of rotatable bonds is 4. The average molecular weight is 376 g/mol. The van der Waals surface area contributed by atoms with Crippen LogP contribution in [0.15, 0.2) is 18.2 Å². The Balaban J connectivity index is 2.32. The van der Waals surface area contributed by atoms with E-state index in [-0.39, 0.29) is 24.3 Å². The minimum atomic E-state index is -0.116. The van der Waals surface area contributed by atoms with E-state index < -0.39 is 0 Å². The van der Waals surface area contributed by atoms with Crippen molar-refractivity contribution in [1.29, 1.82) is 0 Å². The third-order valence-electron chi connectivity index (χ3n) is 4.38. The number of fused-ring (bicyclic) bond motifs is 1. The Morgan fingerprint density at radius 3 is 2.81 bits per heavy atom. The highest BCUT2D eigenvalue weighted by molar-refractivity contribution is 5.84. The second-order valence-electron chi connectivity index (χ2n) is 7.28. The van der Waals surface area contributed by atoms with Gasteiger partial charge in [0, 0.05) is 25.1 Å². The summed E-state index contributed by atoms with van der Waals surface area (Å²) in [5, 5.41) is 2.92. The Morgan fingerprint density at radius 1 is 1.26 bits per heavy atom. The molecule has 1 aliphatic heterocycles. The lowest BCUT2D eigenvalue weighted by Gasteiger charge is -2.25. The molecule has 0 saturated heterocycles. The molecular weight excluding hydrogens is 344 g/mol. The molecule has 0 saturated carbocycles. The van der Waals surface area contributed by atoms with Crippen LogP contribution in [0.5, 0.6) is 11.5 Å². The number of benzene rings is 1. The van der Waals surface area contributed by atoms with Crippen LogP contribution in [0.2, 0.25) is 0 Å². The Bertz CT molecular complexity index is 631. The van der Waals surface area contributed by atoms with E-state index >= 15 is 0 Å². The van der Waals surface area contributed by atoms with Gasteiger partial charge in [0.1, 0.15) is 0 Å². The van der Waals surface area contributed by atoms with Crippen molar-refractivity contribution >= 4 is 11.8 Å². The summed E-state index contributed by atoms with van der Waals surface area (Å²) in [7, 11) is 0. The minimum Gasteiger partial charge on any atom is -0.490 e. The van der Waals surface area contributed by atoms with Crippen molar-refractivity contribution < 1.29 is 19.1 Å². The van der Waals surface area contributed by atoms with Gasteiger partial charge in [-0.1, -0.05) is 26.0 Å². The first-order chi connectivity index (χ1) is 13.0. The zero-order valence-corrected chi connectivity index (χ0v) is 16.8. The van der Waals surface area contributed by atoms with Gasteiger partial charge in [-0.15, -0.1) is 0 Å². The van der Waals surface area contributed by atoms with Gasteiger partial charge in [0.2, 0.25) is 11.8 Å². The average Bonchev–Trinajstić information content (AvgIpc) is 2.62. The zero-order chi connectivity index (χ0) is 19.6. The standard InChI is InChI=1S/C21H32N2O4/c1-4-26-18-10-8-9-17-14-23(20(25)13-16(2)3)15-19(24)22-11-6-5-7-12-27-21(17)18/h8-10,16H,4-7,11-15H2,1-3H3,(H,22,24). The molecule has 0 bridgehead atoms. The van der Waals surface area contributed by atoms with Crippen LogP contribution in [0.1, 0.15) is 52.0 Å². The van der Waals surface area contributed by atoms with Crippen molar-refractivity contribution in [3.8, 4) is 11.5 Å². The Kier molecular flexibility index (Phi) is 8.43. The second kappa shape index (κ2) is 10.8. The van der Waals surface area contributed by atoms with Crippen LogP contribution in [-0.4, -0.2) is 43.0 Å². The lowest BCUT2D eigenvalue weighted by atomic mass is 10.1. The molecule has 0 atom stereocenters. The maximum Gasteiger partial charge on any atom is 0.239 e. The molecule has 150 valence electrons. The monoisotopic (exact) mass is 376 g/mol. The molecule has 1 heterocycles. The molecule has 0 aliphatic carbocycles. The maximum atomic E-state index is 12.7. The van der Waals surface area contributed by atoms with Gasteiger partial charge in [0.05, 0.1) is 19.8 Å². The molecule has 1 N–H and O–H groups in total. The van der Waals surface area contributed by atoms with E-state index in [0.717, 1.165) is 24.8 Å². The van der Waals surface area contributed by atoms with Gasteiger partial charge in [-0.25, -0.2) is 0 Å². The van der Waals surface area contributed by atoms with Gasteiger partial charge in [-0.05, 0) is 38.2 Å². The molecule has 27 heavy (non-hydrogen) atoms. The van der Waals surface area contributed by atoms with E-state index in [4.69, 9.17) is 9.47 Å². The number of amides is 2. The lowest BCUT2D eigenvalue weighted by Crippen LogP contribution is -2.41. The Hall–Kier alpha value is -2.24. The molecule has 1 aliphatic rings. The van der Waals surface area contributed by atoms with E-state index in [2.05, 4.69) is 5.32 Å². The van der Waals surface area contributed by atoms with Crippen LogP contribution in [0, 0.1) is 5.92 Å². The number of hydrogen-bond acceptors (Lipinski definition) is 4. The van der Waals surface area contributed by atoms with Crippen molar-refractivity contribution in [2.75, 3.05) is 26.3 Å². The van der Waals surface area contributed by atoms with Crippen LogP contribution >= 0.6 is 0 Å². The van der Waals surface area contributed by atoms with Gasteiger partial charge in [0.25, 0.3) is 0 Å². The summed E-state index contributed by atoms with van der Waals surface area (Å²) in [5.74, 6) is 1.46. The minimum absolute atomic E-state index is 0.0252. The maximum absolute atomic E-state index is 12.7. The Labute approximate surface area is 162 Å². The number of carbonyl (C=O) groups is 2. The van der Waals surface area contributed by atoms with Crippen molar-refractivity contribution in [1.82, 2.24) is 10.2 Å². The summed E-state index contributed by atoms with van der Waals surface area (Å²) in [6.07, 6.45) is 3.19. The molecular formula is C21H32N2O4. The van der Waals surface area contributed by atoms with E-state index in [1.165, 1.54) is 0 Å². The molecule has 6 nitrogen and oxygen atoms in total. The lowest BCUT2D eigenvalue weighted by molar-refractivity contribution is -0.137. The largest absolute Gasteiger partial charge is 0.490 e. The summed E-state index contributed by atoms with van der Waals surface area (Å²) >= 11 is 0. The van der Waals surface area contributed by atoms with Gasteiger partial charge in [-0.3, -0.25) is 9.59 Å². The molecule has 0 radical (unpaired) electrons. The molecule has 0 aromatic heterocycles. The third-order valence-corrected chi connectivity index (χ3v) is 4.38. The number of ether oxygens (including phenoxy) is 2.